The Morgan fingerprint density at radius 3 is 2.50 bits per heavy atom. The second-order valence-electron chi connectivity index (χ2n) is 6.49. The second-order valence-corrected chi connectivity index (χ2v) is 8.68. The lowest BCUT2D eigenvalue weighted by Crippen LogP contribution is -2.49. The molecule has 2 aliphatic rings. The first-order valence-electron chi connectivity index (χ1n) is 7.51. The minimum atomic E-state index is -3.06. The molecule has 1 unspecified atom stereocenters. The molecule has 5 nitrogen and oxygen atoms in total. The molecule has 1 aliphatic heterocycles. The molecule has 1 saturated heterocycles. The summed E-state index contributed by atoms with van der Waals surface area (Å²) < 4.78 is 23.0. The van der Waals surface area contributed by atoms with E-state index in [4.69, 9.17) is 0 Å². The van der Waals surface area contributed by atoms with Gasteiger partial charge in [-0.05, 0) is 46.1 Å². The van der Waals surface area contributed by atoms with Gasteiger partial charge < -0.3 is 10.2 Å². The summed E-state index contributed by atoms with van der Waals surface area (Å²) in [7, 11) is -3.06. The Labute approximate surface area is 122 Å². The van der Waals surface area contributed by atoms with Gasteiger partial charge >= 0.3 is 0 Å². The smallest absolute Gasteiger partial charge is 0.226 e. The van der Waals surface area contributed by atoms with Gasteiger partial charge in [0.1, 0.15) is 9.84 Å². The summed E-state index contributed by atoms with van der Waals surface area (Å²) >= 11 is 0. The van der Waals surface area contributed by atoms with Gasteiger partial charge in [0.2, 0.25) is 5.91 Å². The highest BCUT2D eigenvalue weighted by Gasteiger charge is 2.40. The van der Waals surface area contributed by atoms with Crippen molar-refractivity contribution in [1.82, 2.24) is 10.2 Å². The van der Waals surface area contributed by atoms with Gasteiger partial charge in [0.15, 0.2) is 0 Å². The van der Waals surface area contributed by atoms with Crippen LogP contribution in [0.25, 0.3) is 0 Å². The monoisotopic (exact) mass is 302 g/mol. The zero-order valence-corrected chi connectivity index (χ0v) is 13.4. The van der Waals surface area contributed by atoms with Crippen molar-refractivity contribution >= 4 is 15.7 Å². The lowest BCUT2D eigenvalue weighted by molar-refractivity contribution is -0.139. The van der Waals surface area contributed by atoms with Crippen molar-refractivity contribution in [3.8, 4) is 0 Å². The summed E-state index contributed by atoms with van der Waals surface area (Å²) in [6.45, 7) is 4.83. The van der Waals surface area contributed by atoms with Crippen LogP contribution in [0.1, 0.15) is 39.5 Å². The van der Waals surface area contributed by atoms with Crippen LogP contribution in [0.3, 0.4) is 0 Å². The molecule has 1 aliphatic carbocycles. The first-order chi connectivity index (χ1) is 9.28. The Kier molecular flexibility index (Phi) is 4.74. The van der Waals surface area contributed by atoms with Crippen LogP contribution in [-0.2, 0) is 14.6 Å². The van der Waals surface area contributed by atoms with E-state index in [0.29, 0.717) is 6.04 Å². The van der Waals surface area contributed by atoms with E-state index in [1.54, 1.807) is 0 Å². The van der Waals surface area contributed by atoms with Crippen LogP contribution < -0.4 is 5.32 Å². The van der Waals surface area contributed by atoms with Crippen molar-refractivity contribution < 1.29 is 13.2 Å². The van der Waals surface area contributed by atoms with Gasteiger partial charge in [-0.2, -0.15) is 0 Å². The van der Waals surface area contributed by atoms with Crippen molar-refractivity contribution in [3.63, 3.8) is 0 Å². The molecule has 116 valence electrons. The van der Waals surface area contributed by atoms with Gasteiger partial charge in [0.05, 0.1) is 5.75 Å². The van der Waals surface area contributed by atoms with Crippen molar-refractivity contribution in [2.45, 2.75) is 57.7 Å². The maximum atomic E-state index is 12.8. The average molecular weight is 302 g/mol. The van der Waals surface area contributed by atoms with Crippen LogP contribution in [0.4, 0.5) is 0 Å². The van der Waals surface area contributed by atoms with E-state index in [0.717, 1.165) is 32.2 Å². The Balaban J connectivity index is 2.06. The summed E-state index contributed by atoms with van der Waals surface area (Å²) in [6.07, 6.45) is 4.98. The predicted octanol–water partition coefficient (Wildman–Crippen LogP) is 0.799. The lowest BCUT2D eigenvalue weighted by Gasteiger charge is -2.35. The van der Waals surface area contributed by atoms with Crippen molar-refractivity contribution in [2.75, 3.05) is 18.6 Å². The molecule has 0 aromatic carbocycles. The van der Waals surface area contributed by atoms with Crippen molar-refractivity contribution in [1.29, 1.82) is 0 Å². The molecule has 1 N–H and O–H groups in total. The van der Waals surface area contributed by atoms with E-state index in [1.807, 2.05) is 11.8 Å². The molecule has 3 atom stereocenters. The maximum absolute atomic E-state index is 12.8. The van der Waals surface area contributed by atoms with Gasteiger partial charge in [-0.15, -0.1) is 0 Å². The first kappa shape index (κ1) is 15.8. The number of hydrogen-bond acceptors (Lipinski definition) is 4. The molecule has 2 fully saturated rings. The van der Waals surface area contributed by atoms with Crippen molar-refractivity contribution in [3.05, 3.63) is 0 Å². The lowest BCUT2D eigenvalue weighted by atomic mass is 9.91. The fourth-order valence-electron chi connectivity index (χ4n) is 3.20. The van der Waals surface area contributed by atoms with Crippen molar-refractivity contribution in [2.24, 2.45) is 5.92 Å². The molecule has 0 spiro atoms. The number of sulfone groups is 1. The molecule has 1 heterocycles. The molecule has 1 amide bonds. The minimum absolute atomic E-state index is 0.0499. The van der Waals surface area contributed by atoms with Crippen LogP contribution in [0.5, 0.6) is 0 Å². The van der Waals surface area contributed by atoms with Gasteiger partial charge in [-0.1, -0.05) is 0 Å². The quantitative estimate of drug-likeness (QED) is 0.816. The van der Waals surface area contributed by atoms with Gasteiger partial charge in [0.25, 0.3) is 0 Å². The molecule has 0 radical (unpaired) electrons. The summed E-state index contributed by atoms with van der Waals surface area (Å²) in [4.78, 5) is 14.6. The van der Waals surface area contributed by atoms with Crippen LogP contribution >= 0.6 is 0 Å². The van der Waals surface area contributed by atoms with Crippen LogP contribution in [0, 0.1) is 5.92 Å². The van der Waals surface area contributed by atoms with Gasteiger partial charge in [0, 0.05) is 30.3 Å². The molecule has 0 aromatic rings. The largest absolute Gasteiger partial charge is 0.336 e. The fraction of sp³-hybridized carbons (Fsp3) is 0.929. The standard InChI is InChI=1S/C14H26N2O3S/c1-10-8-12(6-7-15-10)14(17)16(13-4-5-13)11(2)9-20(3,18)19/h10-13,15H,4-9H2,1-3H3/t10-,11?,12-/m0/s1. The number of piperidine rings is 1. The SMILES string of the molecule is CC(CS(C)(=O)=O)N(C(=O)[C@H]1CCN[C@@H](C)C1)C1CC1. The zero-order chi connectivity index (χ0) is 14.9. The van der Waals surface area contributed by atoms with Gasteiger partial charge in [-0.25, -0.2) is 8.42 Å². The number of rotatable bonds is 5. The molecular formula is C14H26N2O3S. The third kappa shape index (κ3) is 4.19. The Morgan fingerprint density at radius 1 is 1.35 bits per heavy atom. The molecule has 0 aromatic heterocycles. The number of amides is 1. The molecule has 2 rings (SSSR count). The number of carbonyl (C=O) groups excluding carboxylic acids is 1. The third-order valence-corrected chi connectivity index (χ3v) is 5.27. The van der Waals surface area contributed by atoms with Crippen LogP contribution in [0.2, 0.25) is 0 Å². The first-order valence-corrected chi connectivity index (χ1v) is 9.57. The predicted molar refractivity (Wildman–Crippen MR) is 79.2 cm³/mol. The van der Waals surface area contributed by atoms with E-state index in [9.17, 15) is 13.2 Å². The topological polar surface area (TPSA) is 66.5 Å². The van der Waals surface area contributed by atoms with Crippen LogP contribution in [0.15, 0.2) is 0 Å². The highest BCUT2D eigenvalue weighted by Crippen LogP contribution is 2.32. The minimum Gasteiger partial charge on any atom is -0.336 e. The molecule has 20 heavy (non-hydrogen) atoms. The number of carbonyl (C=O) groups is 1. The van der Waals surface area contributed by atoms with E-state index in [-0.39, 0.29) is 29.7 Å². The van der Waals surface area contributed by atoms with E-state index in [1.165, 1.54) is 6.26 Å². The van der Waals surface area contributed by atoms with Crippen LogP contribution in [-0.4, -0.2) is 55.9 Å². The number of hydrogen-bond donors (Lipinski definition) is 1. The second kappa shape index (κ2) is 6.02. The normalized spacial score (nSPS) is 28.9. The molecule has 6 heteroatoms. The summed E-state index contributed by atoms with van der Waals surface area (Å²) in [5.74, 6) is 0.279. The van der Waals surface area contributed by atoms with E-state index < -0.39 is 9.84 Å². The average Bonchev–Trinajstić information content (AvgIpc) is 3.11. The molecular weight excluding hydrogens is 276 g/mol. The summed E-state index contributed by atoms with van der Waals surface area (Å²) in [5, 5.41) is 3.35. The molecule has 0 bridgehead atoms. The summed E-state index contributed by atoms with van der Waals surface area (Å²) in [5.41, 5.74) is 0. The highest BCUT2D eigenvalue weighted by atomic mass is 32.2. The maximum Gasteiger partial charge on any atom is 0.226 e. The summed E-state index contributed by atoms with van der Waals surface area (Å²) in [6, 6.07) is 0.420. The number of nitrogens with one attached hydrogen (secondary N) is 1. The zero-order valence-electron chi connectivity index (χ0n) is 12.6. The highest BCUT2D eigenvalue weighted by molar-refractivity contribution is 7.90. The van der Waals surface area contributed by atoms with E-state index in [2.05, 4.69) is 12.2 Å². The van der Waals surface area contributed by atoms with E-state index >= 15 is 0 Å². The fourth-order valence-corrected chi connectivity index (χ4v) is 4.23. The van der Waals surface area contributed by atoms with Gasteiger partial charge in [-0.3, -0.25) is 4.79 Å². The third-order valence-electron chi connectivity index (χ3n) is 4.19. The Hall–Kier alpha value is -0.620. The Morgan fingerprint density at radius 2 is 2.00 bits per heavy atom. The molecule has 1 saturated carbocycles. The number of nitrogens with zero attached hydrogens (tertiary/aromatic N) is 1. The Bertz CT molecular complexity index is 459.